The molecule has 0 saturated carbocycles. The van der Waals surface area contributed by atoms with Crippen molar-refractivity contribution in [2.24, 2.45) is 0 Å². The zero-order valence-corrected chi connectivity index (χ0v) is 10.2. The summed E-state index contributed by atoms with van der Waals surface area (Å²) in [6.45, 7) is 1.80. The van der Waals surface area contributed by atoms with Gasteiger partial charge in [0.1, 0.15) is 5.25 Å². The SMILES string of the molecule is CCOC(=O)C[C@@H](c1ccccc1)S(=O)(=O)O. The van der Waals surface area contributed by atoms with Gasteiger partial charge >= 0.3 is 5.97 Å². The topological polar surface area (TPSA) is 80.7 Å². The third-order valence-electron chi connectivity index (χ3n) is 2.19. The highest BCUT2D eigenvalue weighted by atomic mass is 32.2. The molecule has 0 aromatic heterocycles. The van der Waals surface area contributed by atoms with Crippen LogP contribution in [-0.4, -0.2) is 25.5 Å². The molecule has 0 bridgehead atoms. The van der Waals surface area contributed by atoms with Crippen LogP contribution in [0.5, 0.6) is 0 Å². The zero-order chi connectivity index (χ0) is 12.9. The molecule has 0 aliphatic carbocycles. The van der Waals surface area contributed by atoms with E-state index in [2.05, 4.69) is 4.74 Å². The number of carbonyl (C=O) groups is 1. The van der Waals surface area contributed by atoms with Gasteiger partial charge in [-0.15, -0.1) is 0 Å². The van der Waals surface area contributed by atoms with Crippen LogP contribution >= 0.6 is 0 Å². The molecule has 1 rings (SSSR count). The van der Waals surface area contributed by atoms with Crippen LogP contribution < -0.4 is 0 Å². The molecule has 94 valence electrons. The van der Waals surface area contributed by atoms with Crippen molar-refractivity contribution in [1.82, 2.24) is 0 Å². The van der Waals surface area contributed by atoms with Crippen molar-refractivity contribution in [3.8, 4) is 0 Å². The summed E-state index contributed by atoms with van der Waals surface area (Å²) in [5.41, 5.74) is 0.364. The van der Waals surface area contributed by atoms with Gasteiger partial charge in [-0.3, -0.25) is 9.35 Å². The first kappa shape index (κ1) is 13.7. The minimum absolute atomic E-state index is 0.172. The van der Waals surface area contributed by atoms with Gasteiger partial charge in [-0.2, -0.15) is 8.42 Å². The molecule has 1 N–H and O–H groups in total. The quantitative estimate of drug-likeness (QED) is 0.640. The molecule has 0 unspecified atom stereocenters. The van der Waals surface area contributed by atoms with Crippen molar-refractivity contribution in [2.45, 2.75) is 18.6 Å². The van der Waals surface area contributed by atoms with Crippen molar-refractivity contribution in [1.29, 1.82) is 0 Å². The van der Waals surface area contributed by atoms with E-state index >= 15 is 0 Å². The summed E-state index contributed by atoms with van der Waals surface area (Å²) in [7, 11) is -4.33. The third-order valence-corrected chi connectivity index (χ3v) is 3.35. The van der Waals surface area contributed by atoms with Gasteiger partial charge < -0.3 is 4.74 Å². The van der Waals surface area contributed by atoms with Crippen molar-refractivity contribution in [3.63, 3.8) is 0 Å². The van der Waals surface area contributed by atoms with Gasteiger partial charge in [0.25, 0.3) is 10.1 Å². The highest BCUT2D eigenvalue weighted by molar-refractivity contribution is 7.86. The Kier molecular flexibility index (Phi) is 4.65. The Hall–Kier alpha value is -1.40. The maximum atomic E-state index is 11.3. The van der Waals surface area contributed by atoms with Gasteiger partial charge in [-0.1, -0.05) is 30.3 Å². The van der Waals surface area contributed by atoms with Crippen LogP contribution in [0.2, 0.25) is 0 Å². The van der Waals surface area contributed by atoms with Crippen molar-refractivity contribution in [3.05, 3.63) is 35.9 Å². The molecule has 1 aromatic carbocycles. The summed E-state index contributed by atoms with van der Waals surface area (Å²) in [5.74, 6) is -0.654. The molecule has 17 heavy (non-hydrogen) atoms. The maximum Gasteiger partial charge on any atom is 0.307 e. The maximum absolute atomic E-state index is 11.3. The summed E-state index contributed by atoms with van der Waals surface area (Å²) >= 11 is 0. The second kappa shape index (κ2) is 5.79. The molecule has 5 nitrogen and oxygen atoms in total. The summed E-state index contributed by atoms with van der Waals surface area (Å²) < 4.78 is 36.2. The van der Waals surface area contributed by atoms with Crippen LogP contribution in [-0.2, 0) is 19.6 Å². The average Bonchev–Trinajstić information content (AvgIpc) is 2.26. The first-order valence-corrected chi connectivity index (χ1v) is 6.62. The zero-order valence-electron chi connectivity index (χ0n) is 9.37. The summed E-state index contributed by atoms with van der Waals surface area (Å²) in [5, 5.41) is -1.28. The van der Waals surface area contributed by atoms with E-state index in [-0.39, 0.29) is 6.61 Å². The van der Waals surface area contributed by atoms with Crippen molar-refractivity contribution < 1.29 is 22.5 Å². The Morgan fingerprint density at radius 2 is 1.94 bits per heavy atom. The Morgan fingerprint density at radius 3 is 2.41 bits per heavy atom. The van der Waals surface area contributed by atoms with E-state index in [4.69, 9.17) is 4.55 Å². The number of hydrogen-bond acceptors (Lipinski definition) is 4. The van der Waals surface area contributed by atoms with Gasteiger partial charge in [0, 0.05) is 0 Å². The van der Waals surface area contributed by atoms with Gasteiger partial charge in [0.2, 0.25) is 0 Å². The molecule has 0 spiro atoms. The van der Waals surface area contributed by atoms with Crippen LogP contribution in [0.15, 0.2) is 30.3 Å². The minimum Gasteiger partial charge on any atom is -0.466 e. The third kappa shape index (κ3) is 4.16. The number of hydrogen-bond donors (Lipinski definition) is 1. The van der Waals surface area contributed by atoms with E-state index in [0.29, 0.717) is 5.56 Å². The highest BCUT2D eigenvalue weighted by Gasteiger charge is 2.28. The Labute approximate surface area is 100 Å². The Balaban J connectivity index is 2.95. The second-order valence-electron chi connectivity index (χ2n) is 3.42. The van der Waals surface area contributed by atoms with Gasteiger partial charge in [0.05, 0.1) is 13.0 Å². The largest absolute Gasteiger partial charge is 0.466 e. The fraction of sp³-hybridized carbons (Fsp3) is 0.364. The minimum atomic E-state index is -4.33. The fourth-order valence-corrected chi connectivity index (χ4v) is 2.28. The lowest BCUT2D eigenvalue weighted by Gasteiger charge is -2.13. The van der Waals surface area contributed by atoms with E-state index in [1.54, 1.807) is 25.1 Å². The van der Waals surface area contributed by atoms with Gasteiger partial charge in [0.15, 0.2) is 0 Å². The van der Waals surface area contributed by atoms with E-state index in [0.717, 1.165) is 0 Å². The van der Waals surface area contributed by atoms with E-state index in [1.807, 2.05) is 0 Å². The predicted octanol–water partition coefficient (Wildman–Crippen LogP) is 1.57. The monoisotopic (exact) mass is 258 g/mol. The van der Waals surface area contributed by atoms with Crippen LogP contribution in [0.1, 0.15) is 24.2 Å². The van der Waals surface area contributed by atoms with E-state index in [1.165, 1.54) is 12.1 Å². The summed E-state index contributed by atoms with van der Waals surface area (Å²) in [4.78, 5) is 11.3. The second-order valence-corrected chi connectivity index (χ2v) is 5.02. The molecular weight excluding hydrogens is 244 g/mol. The van der Waals surface area contributed by atoms with Crippen LogP contribution in [0.4, 0.5) is 0 Å². The number of rotatable bonds is 5. The Bertz CT molecular complexity index is 466. The number of esters is 1. The van der Waals surface area contributed by atoms with E-state index in [9.17, 15) is 13.2 Å². The van der Waals surface area contributed by atoms with Crippen LogP contribution in [0, 0.1) is 0 Å². The van der Waals surface area contributed by atoms with Crippen LogP contribution in [0.25, 0.3) is 0 Å². The number of carbonyl (C=O) groups excluding carboxylic acids is 1. The van der Waals surface area contributed by atoms with Gasteiger partial charge in [-0.25, -0.2) is 0 Å². The van der Waals surface area contributed by atoms with Crippen LogP contribution in [0.3, 0.4) is 0 Å². The Morgan fingerprint density at radius 1 is 1.35 bits per heavy atom. The molecule has 0 heterocycles. The normalized spacial score (nSPS) is 13.1. The lowest BCUT2D eigenvalue weighted by molar-refractivity contribution is -0.143. The molecule has 6 heteroatoms. The standard InChI is InChI=1S/C11H14O5S/c1-2-16-11(12)8-10(17(13,14)15)9-6-4-3-5-7-9/h3-7,10H,2,8H2,1H3,(H,13,14,15)/t10-/m0/s1. The summed E-state index contributed by atoms with van der Waals surface area (Å²) in [6, 6.07) is 8.07. The number of benzene rings is 1. The average molecular weight is 258 g/mol. The fourth-order valence-electron chi connectivity index (χ4n) is 1.43. The molecule has 0 aliphatic heterocycles. The molecule has 1 atom stereocenters. The molecule has 0 radical (unpaired) electrons. The predicted molar refractivity (Wildman–Crippen MR) is 62.0 cm³/mol. The molecule has 0 aliphatic rings. The molecular formula is C11H14O5S. The summed E-state index contributed by atoms with van der Waals surface area (Å²) in [6.07, 6.45) is -0.392. The first-order chi connectivity index (χ1) is 7.95. The van der Waals surface area contributed by atoms with Crippen molar-refractivity contribution >= 4 is 16.1 Å². The molecule has 0 saturated heterocycles. The lowest BCUT2D eigenvalue weighted by Crippen LogP contribution is -2.18. The van der Waals surface area contributed by atoms with Crippen molar-refractivity contribution in [2.75, 3.05) is 6.61 Å². The van der Waals surface area contributed by atoms with E-state index < -0.39 is 27.8 Å². The molecule has 0 fully saturated rings. The smallest absolute Gasteiger partial charge is 0.307 e. The highest BCUT2D eigenvalue weighted by Crippen LogP contribution is 2.25. The number of ether oxygens (including phenoxy) is 1. The lowest BCUT2D eigenvalue weighted by atomic mass is 10.1. The van der Waals surface area contributed by atoms with Gasteiger partial charge in [-0.05, 0) is 12.5 Å². The molecule has 1 aromatic rings. The molecule has 0 amide bonds. The first-order valence-electron chi connectivity index (χ1n) is 5.12.